The highest BCUT2D eigenvalue weighted by molar-refractivity contribution is 7.89. The first-order valence-corrected chi connectivity index (χ1v) is 7.07. The quantitative estimate of drug-likeness (QED) is 0.849. The number of rotatable bonds is 5. The van der Waals surface area contributed by atoms with E-state index in [1.807, 2.05) is 6.07 Å². The van der Waals surface area contributed by atoms with Gasteiger partial charge in [-0.05, 0) is 24.1 Å². The molecule has 0 heterocycles. The van der Waals surface area contributed by atoms with Gasteiger partial charge in [0.2, 0.25) is 10.0 Å². The van der Waals surface area contributed by atoms with Crippen LogP contribution in [-0.2, 0) is 10.0 Å². The van der Waals surface area contributed by atoms with Gasteiger partial charge in [-0.1, -0.05) is 18.5 Å². The first-order chi connectivity index (χ1) is 8.40. The van der Waals surface area contributed by atoms with E-state index in [1.54, 1.807) is 6.92 Å². The molecule has 1 aromatic carbocycles. The fourth-order valence-corrected chi connectivity index (χ4v) is 2.63. The van der Waals surface area contributed by atoms with Gasteiger partial charge < -0.3 is 5.11 Å². The van der Waals surface area contributed by atoms with Crippen LogP contribution in [0.4, 0.5) is 0 Å². The van der Waals surface area contributed by atoms with Crippen molar-refractivity contribution in [3.8, 4) is 6.07 Å². The molecule has 2 N–H and O–H groups in total. The van der Waals surface area contributed by atoms with E-state index in [0.29, 0.717) is 0 Å². The van der Waals surface area contributed by atoms with Crippen LogP contribution in [0.15, 0.2) is 23.1 Å². The molecule has 0 fully saturated rings. The first kappa shape index (κ1) is 14.9. The first-order valence-electron chi connectivity index (χ1n) is 5.21. The third-order valence-corrected chi connectivity index (χ3v) is 4.04. The number of sulfonamides is 1. The highest BCUT2D eigenvalue weighted by Crippen LogP contribution is 2.20. The lowest BCUT2D eigenvalue weighted by atomic mass is 10.2. The SMILES string of the molecule is CC(CO)CNS(=O)(=O)c1ccc(C#N)c(Cl)c1. The smallest absolute Gasteiger partial charge is 0.240 e. The Morgan fingerprint density at radius 3 is 2.72 bits per heavy atom. The molecule has 0 radical (unpaired) electrons. The fraction of sp³-hybridized carbons (Fsp3) is 0.364. The van der Waals surface area contributed by atoms with E-state index >= 15 is 0 Å². The standard InChI is InChI=1S/C11H13ClN2O3S/c1-8(7-15)6-14-18(16,17)10-3-2-9(5-13)11(12)4-10/h2-4,8,14-15H,6-7H2,1H3. The molecule has 0 saturated carbocycles. The van der Waals surface area contributed by atoms with Gasteiger partial charge in [0.15, 0.2) is 0 Å². The Hall–Kier alpha value is -1.13. The number of hydrogen-bond acceptors (Lipinski definition) is 4. The van der Waals surface area contributed by atoms with Crippen molar-refractivity contribution in [3.05, 3.63) is 28.8 Å². The van der Waals surface area contributed by atoms with Gasteiger partial charge in [-0.15, -0.1) is 0 Å². The molecular formula is C11H13ClN2O3S. The summed E-state index contributed by atoms with van der Waals surface area (Å²) >= 11 is 5.77. The Balaban J connectivity index is 2.93. The molecule has 1 rings (SSSR count). The van der Waals surface area contributed by atoms with Crippen molar-refractivity contribution >= 4 is 21.6 Å². The van der Waals surface area contributed by atoms with E-state index in [9.17, 15) is 8.42 Å². The van der Waals surface area contributed by atoms with Crippen LogP contribution in [0.5, 0.6) is 0 Å². The highest BCUT2D eigenvalue weighted by atomic mass is 35.5. The number of aliphatic hydroxyl groups excluding tert-OH is 1. The van der Waals surface area contributed by atoms with Crippen LogP contribution in [-0.4, -0.2) is 26.7 Å². The van der Waals surface area contributed by atoms with Crippen LogP contribution in [0.2, 0.25) is 5.02 Å². The molecule has 0 aliphatic carbocycles. The van der Waals surface area contributed by atoms with Crippen molar-refractivity contribution in [1.82, 2.24) is 4.72 Å². The largest absolute Gasteiger partial charge is 0.396 e. The number of hydrogen-bond donors (Lipinski definition) is 2. The van der Waals surface area contributed by atoms with Gasteiger partial charge in [0.1, 0.15) is 6.07 Å². The summed E-state index contributed by atoms with van der Waals surface area (Å²) in [5.74, 6) is -0.173. The maximum Gasteiger partial charge on any atom is 0.240 e. The van der Waals surface area contributed by atoms with E-state index in [-0.39, 0.29) is 34.6 Å². The van der Waals surface area contributed by atoms with Crippen molar-refractivity contribution < 1.29 is 13.5 Å². The van der Waals surface area contributed by atoms with Crippen LogP contribution in [0.25, 0.3) is 0 Å². The number of halogens is 1. The fourth-order valence-electron chi connectivity index (χ4n) is 1.15. The Morgan fingerprint density at radius 1 is 1.56 bits per heavy atom. The molecule has 7 heteroatoms. The minimum Gasteiger partial charge on any atom is -0.396 e. The molecule has 1 atom stereocenters. The summed E-state index contributed by atoms with van der Waals surface area (Å²) < 4.78 is 26.1. The van der Waals surface area contributed by atoms with Crippen molar-refractivity contribution in [1.29, 1.82) is 5.26 Å². The van der Waals surface area contributed by atoms with Gasteiger partial charge in [-0.25, -0.2) is 13.1 Å². The predicted octanol–water partition coefficient (Wildman–Crippen LogP) is 1.12. The molecule has 1 unspecified atom stereocenters. The van der Waals surface area contributed by atoms with Gasteiger partial charge in [0, 0.05) is 13.2 Å². The molecule has 18 heavy (non-hydrogen) atoms. The third-order valence-electron chi connectivity index (χ3n) is 2.30. The minimum absolute atomic E-state index is 0.00311. The molecule has 1 aromatic rings. The maximum atomic E-state index is 11.9. The second-order valence-corrected chi connectivity index (χ2v) is 6.07. The van der Waals surface area contributed by atoms with E-state index in [4.69, 9.17) is 22.0 Å². The Morgan fingerprint density at radius 2 is 2.22 bits per heavy atom. The summed E-state index contributed by atoms with van der Waals surface area (Å²) in [6.07, 6.45) is 0. The molecule has 0 bridgehead atoms. The lowest BCUT2D eigenvalue weighted by Gasteiger charge is -2.10. The molecule has 0 amide bonds. The second kappa shape index (κ2) is 6.16. The van der Waals surface area contributed by atoms with Crippen molar-refractivity contribution in [2.75, 3.05) is 13.2 Å². The average molecular weight is 289 g/mol. The van der Waals surface area contributed by atoms with Crippen LogP contribution in [0.3, 0.4) is 0 Å². The number of nitrogens with zero attached hydrogens (tertiary/aromatic N) is 1. The van der Waals surface area contributed by atoms with E-state index < -0.39 is 10.0 Å². The van der Waals surface area contributed by atoms with Crippen molar-refractivity contribution in [3.63, 3.8) is 0 Å². The molecule has 0 aliphatic heterocycles. The van der Waals surface area contributed by atoms with Gasteiger partial charge in [-0.2, -0.15) is 5.26 Å². The molecular weight excluding hydrogens is 276 g/mol. The Labute approximate surface area is 111 Å². The van der Waals surface area contributed by atoms with Crippen LogP contribution in [0.1, 0.15) is 12.5 Å². The predicted molar refractivity (Wildman–Crippen MR) is 67.6 cm³/mol. The van der Waals surface area contributed by atoms with Crippen molar-refractivity contribution in [2.24, 2.45) is 5.92 Å². The van der Waals surface area contributed by atoms with Crippen LogP contribution < -0.4 is 4.72 Å². The molecule has 0 saturated heterocycles. The molecule has 5 nitrogen and oxygen atoms in total. The molecule has 0 aromatic heterocycles. The summed E-state index contributed by atoms with van der Waals surface area (Å²) in [7, 11) is -3.67. The van der Waals surface area contributed by atoms with E-state index in [0.717, 1.165) is 0 Å². The van der Waals surface area contributed by atoms with Crippen molar-refractivity contribution in [2.45, 2.75) is 11.8 Å². The summed E-state index contributed by atoms with van der Waals surface area (Å²) in [4.78, 5) is -0.00311. The second-order valence-electron chi connectivity index (χ2n) is 3.89. The number of nitriles is 1. The third kappa shape index (κ3) is 3.68. The summed E-state index contributed by atoms with van der Waals surface area (Å²) in [5, 5.41) is 17.6. The number of aliphatic hydroxyl groups is 1. The van der Waals surface area contributed by atoms with Gasteiger partial charge in [0.25, 0.3) is 0 Å². The normalized spacial score (nSPS) is 13.0. The Kier molecular flexibility index (Phi) is 5.11. The molecule has 0 aliphatic rings. The molecule has 98 valence electrons. The van der Waals surface area contributed by atoms with Crippen LogP contribution >= 0.6 is 11.6 Å². The zero-order valence-electron chi connectivity index (χ0n) is 9.72. The summed E-state index contributed by atoms with van der Waals surface area (Å²) in [6.45, 7) is 1.75. The van der Waals surface area contributed by atoms with E-state index in [1.165, 1.54) is 18.2 Å². The van der Waals surface area contributed by atoms with Gasteiger partial charge in [0.05, 0.1) is 15.5 Å². The Bertz CT molecular complexity index is 566. The average Bonchev–Trinajstić information content (AvgIpc) is 2.35. The number of benzene rings is 1. The van der Waals surface area contributed by atoms with Gasteiger partial charge >= 0.3 is 0 Å². The van der Waals surface area contributed by atoms with Crippen LogP contribution in [0, 0.1) is 17.2 Å². The minimum atomic E-state index is -3.67. The lowest BCUT2D eigenvalue weighted by Crippen LogP contribution is -2.29. The van der Waals surface area contributed by atoms with Gasteiger partial charge in [-0.3, -0.25) is 0 Å². The zero-order valence-corrected chi connectivity index (χ0v) is 11.3. The number of nitrogens with one attached hydrogen (secondary N) is 1. The summed E-state index contributed by atoms with van der Waals surface area (Å²) in [5.41, 5.74) is 0.222. The molecule has 0 spiro atoms. The lowest BCUT2D eigenvalue weighted by molar-refractivity contribution is 0.238. The monoisotopic (exact) mass is 288 g/mol. The summed E-state index contributed by atoms with van der Waals surface area (Å²) in [6, 6.07) is 5.75. The zero-order chi connectivity index (χ0) is 13.8. The maximum absolute atomic E-state index is 11.9. The van der Waals surface area contributed by atoms with E-state index in [2.05, 4.69) is 4.72 Å². The topological polar surface area (TPSA) is 90.2 Å². The highest BCUT2D eigenvalue weighted by Gasteiger charge is 2.16.